The Morgan fingerprint density at radius 3 is 2.29 bits per heavy atom. The smallest absolute Gasteiger partial charge is 0.257 e. The molecule has 4 rings (SSSR count). The maximum Gasteiger partial charge on any atom is 0.257 e. The minimum absolute atomic E-state index is 0.0178. The van der Waals surface area contributed by atoms with Crippen LogP contribution < -0.4 is 15.4 Å². The maximum absolute atomic E-state index is 13.0. The molecule has 0 radical (unpaired) electrons. The number of carbonyl (C=O) groups is 2. The van der Waals surface area contributed by atoms with Gasteiger partial charge >= 0.3 is 0 Å². The van der Waals surface area contributed by atoms with E-state index in [1.807, 2.05) is 42.5 Å². The molecule has 1 fully saturated rings. The second-order valence-electron chi connectivity index (χ2n) is 8.75. The van der Waals surface area contributed by atoms with E-state index in [0.29, 0.717) is 42.3 Å². The first kappa shape index (κ1) is 24.6. The van der Waals surface area contributed by atoms with E-state index >= 15 is 0 Å². The van der Waals surface area contributed by atoms with Crippen LogP contribution in [0.5, 0.6) is 5.75 Å². The number of hydrogen-bond donors (Lipinski definition) is 2. The fourth-order valence-corrected chi connectivity index (χ4v) is 4.50. The van der Waals surface area contributed by atoms with Crippen LogP contribution in [0.4, 0.5) is 11.4 Å². The van der Waals surface area contributed by atoms with E-state index < -0.39 is 0 Å². The fourth-order valence-electron chi connectivity index (χ4n) is 4.33. The highest BCUT2D eigenvalue weighted by atomic mass is 35.5. The number of amides is 2. The predicted octanol–water partition coefficient (Wildman–Crippen LogP) is 6.01. The van der Waals surface area contributed by atoms with Crippen LogP contribution in [0, 0.1) is 5.92 Å². The van der Waals surface area contributed by atoms with Gasteiger partial charge < -0.3 is 20.3 Å². The predicted molar refractivity (Wildman–Crippen MR) is 140 cm³/mol. The molecule has 1 saturated heterocycles. The average Bonchev–Trinajstić information content (AvgIpc) is 2.90. The van der Waals surface area contributed by atoms with Crippen molar-refractivity contribution in [2.75, 3.05) is 30.8 Å². The lowest BCUT2D eigenvalue weighted by Crippen LogP contribution is -2.41. The van der Waals surface area contributed by atoms with Crippen LogP contribution >= 0.6 is 11.6 Å². The fraction of sp³-hybridized carbons (Fsp3) is 0.286. The van der Waals surface area contributed by atoms with Crippen molar-refractivity contribution >= 4 is 34.8 Å². The van der Waals surface area contributed by atoms with E-state index in [4.69, 9.17) is 16.3 Å². The van der Waals surface area contributed by atoms with Gasteiger partial charge in [-0.3, -0.25) is 9.59 Å². The number of hydrogen-bond acceptors (Lipinski definition) is 4. The van der Waals surface area contributed by atoms with Crippen molar-refractivity contribution in [1.82, 2.24) is 4.90 Å². The molecule has 0 bridgehead atoms. The third kappa shape index (κ3) is 6.14. The molecule has 6 nitrogen and oxygen atoms in total. The average molecular weight is 492 g/mol. The molecule has 1 atom stereocenters. The second-order valence-corrected chi connectivity index (χ2v) is 9.19. The summed E-state index contributed by atoms with van der Waals surface area (Å²) in [5, 5.41) is 6.98. The molecule has 7 heteroatoms. The Morgan fingerprint density at radius 2 is 1.63 bits per heavy atom. The molecule has 1 unspecified atom stereocenters. The standard InChI is InChI=1S/C28H30ClN3O3/c1-19(20-6-4-3-5-7-20)30-23-9-11-24(12-10-23)31-27(33)21-14-16-32(17-15-21)28(34)25-18-22(29)8-13-26(25)35-2/h3-13,18-19,21,30H,14-17H2,1-2H3,(H,31,33). The minimum atomic E-state index is -0.142. The second kappa shape index (κ2) is 11.3. The monoisotopic (exact) mass is 491 g/mol. The van der Waals surface area contributed by atoms with E-state index in [2.05, 4.69) is 29.7 Å². The Labute approximate surface area is 211 Å². The number of rotatable bonds is 7. The van der Waals surface area contributed by atoms with E-state index in [9.17, 15) is 9.59 Å². The SMILES string of the molecule is COc1ccc(Cl)cc1C(=O)N1CCC(C(=O)Nc2ccc(NC(C)c3ccccc3)cc2)CC1. The minimum Gasteiger partial charge on any atom is -0.496 e. The normalized spacial score (nSPS) is 14.8. The molecule has 0 saturated carbocycles. The molecule has 1 aliphatic rings. The van der Waals surface area contributed by atoms with Crippen LogP contribution in [0.2, 0.25) is 5.02 Å². The molecule has 1 aliphatic heterocycles. The summed E-state index contributed by atoms with van der Waals surface area (Å²) in [4.78, 5) is 27.6. The number of nitrogens with one attached hydrogen (secondary N) is 2. The number of methoxy groups -OCH3 is 1. The molecular weight excluding hydrogens is 462 g/mol. The van der Waals surface area contributed by atoms with Crippen LogP contribution in [0.1, 0.15) is 41.7 Å². The van der Waals surface area contributed by atoms with E-state index in [0.717, 1.165) is 11.4 Å². The molecule has 3 aromatic carbocycles. The van der Waals surface area contributed by atoms with Gasteiger partial charge in [0, 0.05) is 41.4 Å². The third-order valence-electron chi connectivity index (χ3n) is 6.38. The first-order valence-electron chi connectivity index (χ1n) is 11.8. The molecule has 35 heavy (non-hydrogen) atoms. The summed E-state index contributed by atoms with van der Waals surface area (Å²) in [6.07, 6.45) is 1.21. The topological polar surface area (TPSA) is 70.7 Å². The highest BCUT2D eigenvalue weighted by Crippen LogP contribution is 2.27. The van der Waals surface area contributed by atoms with Crippen molar-refractivity contribution in [3.05, 3.63) is 88.9 Å². The summed E-state index contributed by atoms with van der Waals surface area (Å²) in [5.74, 6) is 0.207. The molecule has 182 valence electrons. The molecule has 0 spiro atoms. The molecule has 2 amide bonds. The Bertz CT molecular complexity index is 1160. The number of nitrogens with zero attached hydrogens (tertiary/aromatic N) is 1. The van der Waals surface area contributed by atoms with Crippen LogP contribution in [-0.4, -0.2) is 36.9 Å². The molecular formula is C28H30ClN3O3. The summed E-state index contributed by atoms with van der Waals surface area (Å²) in [6.45, 7) is 3.13. The van der Waals surface area contributed by atoms with Crippen LogP contribution in [-0.2, 0) is 4.79 Å². The van der Waals surface area contributed by atoms with Crippen molar-refractivity contribution in [1.29, 1.82) is 0 Å². The van der Waals surface area contributed by atoms with E-state index in [-0.39, 0.29) is 23.8 Å². The number of carbonyl (C=O) groups excluding carboxylic acids is 2. The quantitative estimate of drug-likeness (QED) is 0.424. The van der Waals surface area contributed by atoms with Crippen molar-refractivity contribution in [3.8, 4) is 5.75 Å². The van der Waals surface area contributed by atoms with Gasteiger partial charge in [0.1, 0.15) is 5.75 Å². The highest BCUT2D eigenvalue weighted by molar-refractivity contribution is 6.31. The van der Waals surface area contributed by atoms with Gasteiger partial charge in [0.05, 0.1) is 12.7 Å². The van der Waals surface area contributed by atoms with Crippen molar-refractivity contribution < 1.29 is 14.3 Å². The van der Waals surface area contributed by atoms with Gasteiger partial charge in [-0.2, -0.15) is 0 Å². The molecule has 0 aromatic heterocycles. The number of halogens is 1. The largest absolute Gasteiger partial charge is 0.496 e. The third-order valence-corrected chi connectivity index (χ3v) is 6.62. The van der Waals surface area contributed by atoms with Crippen molar-refractivity contribution in [2.24, 2.45) is 5.92 Å². The summed E-state index contributed by atoms with van der Waals surface area (Å²) in [6, 6.07) is 23.2. The summed E-state index contributed by atoms with van der Waals surface area (Å²) >= 11 is 6.08. The van der Waals surface area contributed by atoms with Crippen LogP contribution in [0.25, 0.3) is 0 Å². The maximum atomic E-state index is 13.0. The first-order chi connectivity index (χ1) is 16.9. The molecule has 3 aromatic rings. The van der Waals surface area contributed by atoms with Gasteiger partial charge in [0.2, 0.25) is 5.91 Å². The van der Waals surface area contributed by atoms with Crippen molar-refractivity contribution in [3.63, 3.8) is 0 Å². The molecule has 1 heterocycles. The Balaban J connectivity index is 1.29. The van der Waals surface area contributed by atoms with E-state index in [1.165, 1.54) is 12.7 Å². The number of likely N-dealkylation sites (tertiary alicyclic amines) is 1. The van der Waals surface area contributed by atoms with Gasteiger partial charge in [0.15, 0.2) is 0 Å². The van der Waals surface area contributed by atoms with E-state index in [1.54, 1.807) is 23.1 Å². The van der Waals surface area contributed by atoms with Gasteiger partial charge in [-0.15, -0.1) is 0 Å². The zero-order chi connectivity index (χ0) is 24.8. The lowest BCUT2D eigenvalue weighted by Gasteiger charge is -2.31. The Kier molecular flexibility index (Phi) is 7.93. The zero-order valence-corrected chi connectivity index (χ0v) is 20.7. The van der Waals surface area contributed by atoms with Gasteiger partial charge in [-0.05, 0) is 67.8 Å². The summed E-state index contributed by atoms with van der Waals surface area (Å²) < 4.78 is 5.32. The molecule has 0 aliphatic carbocycles. The van der Waals surface area contributed by atoms with Gasteiger partial charge in [-0.1, -0.05) is 41.9 Å². The van der Waals surface area contributed by atoms with Gasteiger partial charge in [-0.25, -0.2) is 0 Å². The lowest BCUT2D eigenvalue weighted by molar-refractivity contribution is -0.121. The number of benzene rings is 3. The van der Waals surface area contributed by atoms with Gasteiger partial charge in [0.25, 0.3) is 5.91 Å². The Hall–Kier alpha value is -3.51. The summed E-state index contributed by atoms with van der Waals surface area (Å²) in [7, 11) is 1.53. The van der Waals surface area contributed by atoms with Crippen LogP contribution in [0.3, 0.4) is 0 Å². The molecule has 2 N–H and O–H groups in total. The summed E-state index contributed by atoms with van der Waals surface area (Å²) in [5.41, 5.74) is 3.40. The number of ether oxygens (including phenoxy) is 1. The van der Waals surface area contributed by atoms with Crippen LogP contribution in [0.15, 0.2) is 72.8 Å². The lowest BCUT2D eigenvalue weighted by atomic mass is 9.95. The number of piperidine rings is 1. The number of anilines is 2. The van der Waals surface area contributed by atoms with Crippen molar-refractivity contribution in [2.45, 2.75) is 25.8 Å². The zero-order valence-electron chi connectivity index (χ0n) is 20.0. The first-order valence-corrected chi connectivity index (χ1v) is 12.2. The Morgan fingerprint density at radius 1 is 0.971 bits per heavy atom. The highest BCUT2D eigenvalue weighted by Gasteiger charge is 2.29.